The van der Waals surface area contributed by atoms with Gasteiger partial charge in [-0.25, -0.2) is 0 Å². The highest BCUT2D eigenvalue weighted by molar-refractivity contribution is 14.1. The minimum Gasteiger partial charge on any atom is -0.467 e. The van der Waals surface area contributed by atoms with E-state index >= 15 is 0 Å². The van der Waals surface area contributed by atoms with E-state index in [1.165, 1.54) is 31.4 Å². The van der Waals surface area contributed by atoms with Crippen molar-refractivity contribution in [2.45, 2.75) is 40.0 Å². The van der Waals surface area contributed by atoms with Gasteiger partial charge in [-0.1, -0.05) is 32.0 Å². The number of rotatable bonds is 6. The molecule has 3 heteroatoms. The Hall–Kier alpha value is -1.07. The third-order valence-electron chi connectivity index (χ3n) is 4.02. The van der Waals surface area contributed by atoms with E-state index < -0.39 is 0 Å². The van der Waals surface area contributed by atoms with E-state index in [-0.39, 0.29) is 6.79 Å². The first kappa shape index (κ1) is 18.3. The second-order valence-electron chi connectivity index (χ2n) is 6.29. The smallest absolute Gasteiger partial charge is 0.188 e. The third kappa shape index (κ3) is 4.70. The van der Waals surface area contributed by atoms with Crippen LogP contribution in [0.15, 0.2) is 30.3 Å². The number of methoxy groups -OCH3 is 1. The average Bonchev–Trinajstić information content (AvgIpc) is 2.50. The Morgan fingerprint density at radius 1 is 1.09 bits per heavy atom. The molecule has 0 heterocycles. The molecule has 124 valence electrons. The van der Waals surface area contributed by atoms with E-state index in [2.05, 4.69) is 80.6 Å². The van der Waals surface area contributed by atoms with Crippen molar-refractivity contribution in [3.05, 3.63) is 61.7 Å². The monoisotopic (exact) mass is 424 g/mol. The van der Waals surface area contributed by atoms with Gasteiger partial charge in [-0.05, 0) is 88.7 Å². The Balaban J connectivity index is 2.32. The lowest BCUT2D eigenvalue weighted by Crippen LogP contribution is -2.04. The summed E-state index contributed by atoms with van der Waals surface area (Å²) in [4.78, 5) is 0. The number of ether oxygens (including phenoxy) is 2. The maximum atomic E-state index is 5.69. The summed E-state index contributed by atoms with van der Waals surface area (Å²) in [6.45, 7) is 9.04. The van der Waals surface area contributed by atoms with Crippen LogP contribution in [0.5, 0.6) is 5.75 Å². The summed E-state index contributed by atoms with van der Waals surface area (Å²) in [5.41, 5.74) is 6.65. The molecule has 0 bridgehead atoms. The summed E-state index contributed by atoms with van der Waals surface area (Å²) < 4.78 is 12.1. The molecule has 0 aliphatic carbocycles. The summed E-state index contributed by atoms with van der Waals surface area (Å²) in [6, 6.07) is 11.0. The number of halogens is 1. The van der Waals surface area contributed by atoms with Crippen molar-refractivity contribution < 1.29 is 9.47 Å². The van der Waals surface area contributed by atoms with Crippen LogP contribution in [0.4, 0.5) is 0 Å². The topological polar surface area (TPSA) is 18.5 Å². The largest absolute Gasteiger partial charge is 0.467 e. The molecule has 0 spiro atoms. The van der Waals surface area contributed by atoms with Crippen molar-refractivity contribution in [1.82, 2.24) is 0 Å². The van der Waals surface area contributed by atoms with E-state index in [0.29, 0.717) is 5.92 Å². The summed E-state index contributed by atoms with van der Waals surface area (Å²) in [6.07, 6.45) is 0.952. The Bertz CT molecular complexity index is 678. The van der Waals surface area contributed by atoms with Crippen molar-refractivity contribution >= 4 is 22.6 Å². The maximum Gasteiger partial charge on any atom is 0.188 e. The maximum absolute atomic E-state index is 5.69. The molecule has 2 aromatic rings. The molecule has 0 aliphatic heterocycles. The van der Waals surface area contributed by atoms with E-state index in [4.69, 9.17) is 9.47 Å². The summed E-state index contributed by atoms with van der Waals surface area (Å²) in [7, 11) is 1.64. The lowest BCUT2D eigenvalue weighted by molar-refractivity contribution is 0.0502. The first-order valence-electron chi connectivity index (χ1n) is 7.92. The molecule has 0 aromatic heterocycles. The number of benzene rings is 2. The van der Waals surface area contributed by atoms with E-state index in [1.54, 1.807) is 7.11 Å². The fourth-order valence-electron chi connectivity index (χ4n) is 2.70. The normalized spacial score (nSPS) is 11.1. The average molecular weight is 424 g/mol. The van der Waals surface area contributed by atoms with Crippen LogP contribution in [0.1, 0.15) is 47.6 Å². The Labute approximate surface area is 153 Å². The molecule has 0 aliphatic rings. The highest BCUT2D eigenvalue weighted by Crippen LogP contribution is 2.29. The van der Waals surface area contributed by atoms with Crippen LogP contribution in [0, 0.1) is 17.4 Å². The highest BCUT2D eigenvalue weighted by Gasteiger charge is 2.11. The van der Waals surface area contributed by atoms with Crippen LogP contribution >= 0.6 is 22.6 Å². The van der Waals surface area contributed by atoms with Crippen molar-refractivity contribution in [3.8, 4) is 5.75 Å². The van der Waals surface area contributed by atoms with Crippen LogP contribution in [0.3, 0.4) is 0 Å². The van der Waals surface area contributed by atoms with E-state index in [9.17, 15) is 0 Å². The molecule has 23 heavy (non-hydrogen) atoms. The van der Waals surface area contributed by atoms with Gasteiger partial charge in [-0.3, -0.25) is 0 Å². The van der Waals surface area contributed by atoms with Gasteiger partial charge in [0.05, 0.1) is 0 Å². The first-order chi connectivity index (χ1) is 10.9. The molecule has 0 saturated carbocycles. The zero-order valence-electron chi connectivity index (χ0n) is 14.6. The minimum atomic E-state index is 0.286. The summed E-state index contributed by atoms with van der Waals surface area (Å²) in [5, 5.41) is 0. The number of hydrogen-bond acceptors (Lipinski definition) is 2. The van der Waals surface area contributed by atoms with Gasteiger partial charge < -0.3 is 9.47 Å². The summed E-state index contributed by atoms with van der Waals surface area (Å²) in [5.74, 6) is 1.33. The molecular formula is C20H25IO2. The van der Waals surface area contributed by atoms with Crippen LogP contribution < -0.4 is 4.74 Å². The Morgan fingerprint density at radius 3 is 2.48 bits per heavy atom. The van der Waals surface area contributed by atoms with Gasteiger partial charge in [-0.2, -0.15) is 0 Å². The van der Waals surface area contributed by atoms with Gasteiger partial charge in [0.1, 0.15) is 5.75 Å². The molecule has 0 amide bonds. The first-order valence-corrected chi connectivity index (χ1v) is 9.00. The van der Waals surface area contributed by atoms with Gasteiger partial charge in [0.2, 0.25) is 0 Å². The Morgan fingerprint density at radius 2 is 1.83 bits per heavy atom. The lowest BCUT2D eigenvalue weighted by atomic mass is 9.94. The molecule has 0 radical (unpaired) electrons. The van der Waals surface area contributed by atoms with Crippen molar-refractivity contribution in [1.29, 1.82) is 0 Å². The van der Waals surface area contributed by atoms with Gasteiger partial charge in [-0.15, -0.1) is 0 Å². The quantitative estimate of drug-likeness (QED) is 0.444. The van der Waals surface area contributed by atoms with Crippen molar-refractivity contribution in [2.75, 3.05) is 13.9 Å². The van der Waals surface area contributed by atoms with E-state index in [0.717, 1.165) is 12.2 Å². The van der Waals surface area contributed by atoms with E-state index in [1.807, 2.05) is 0 Å². The molecule has 2 nitrogen and oxygen atoms in total. The molecule has 0 unspecified atom stereocenters. The van der Waals surface area contributed by atoms with Crippen LogP contribution in [0.25, 0.3) is 0 Å². The van der Waals surface area contributed by atoms with Gasteiger partial charge in [0, 0.05) is 10.7 Å². The molecule has 2 aromatic carbocycles. The molecule has 0 fully saturated rings. The lowest BCUT2D eigenvalue weighted by Gasteiger charge is -2.16. The fraction of sp³-hybridized carbons (Fsp3) is 0.400. The second-order valence-corrected chi connectivity index (χ2v) is 7.45. The van der Waals surface area contributed by atoms with Crippen molar-refractivity contribution in [2.24, 2.45) is 0 Å². The summed E-state index contributed by atoms with van der Waals surface area (Å²) >= 11 is 2.42. The third-order valence-corrected chi connectivity index (χ3v) is 5.14. The Kier molecular flexibility index (Phi) is 6.48. The van der Waals surface area contributed by atoms with Crippen LogP contribution in [-0.4, -0.2) is 13.9 Å². The molecule has 0 saturated heterocycles. The van der Waals surface area contributed by atoms with Crippen LogP contribution in [0.2, 0.25) is 0 Å². The number of hydrogen-bond donors (Lipinski definition) is 0. The van der Waals surface area contributed by atoms with Crippen molar-refractivity contribution in [3.63, 3.8) is 0 Å². The molecule has 0 N–H and O–H groups in total. The number of aryl methyl sites for hydroxylation is 1. The van der Waals surface area contributed by atoms with Gasteiger partial charge >= 0.3 is 0 Å². The standard InChI is InChI=1S/C20H25IO2/c1-13(2)18-11-16(6-7-20(18)23-12-22-5)10-17-8-14(3)9-19(21)15(17)4/h6-9,11,13H,10,12H2,1-5H3. The van der Waals surface area contributed by atoms with Crippen LogP contribution in [-0.2, 0) is 11.2 Å². The highest BCUT2D eigenvalue weighted by atomic mass is 127. The molecule has 2 rings (SSSR count). The van der Waals surface area contributed by atoms with Gasteiger partial charge in [0.25, 0.3) is 0 Å². The SMILES string of the molecule is COCOc1ccc(Cc2cc(C)cc(I)c2C)cc1C(C)C. The molecular weight excluding hydrogens is 399 g/mol. The predicted molar refractivity (Wildman–Crippen MR) is 104 cm³/mol. The zero-order chi connectivity index (χ0) is 17.0. The fourth-order valence-corrected chi connectivity index (χ4v) is 3.54. The zero-order valence-corrected chi connectivity index (χ0v) is 16.7. The minimum absolute atomic E-state index is 0.286. The predicted octanol–water partition coefficient (Wildman–Crippen LogP) is 5.60. The second kappa shape index (κ2) is 8.15. The molecule has 0 atom stereocenters. The van der Waals surface area contributed by atoms with Gasteiger partial charge in [0.15, 0.2) is 6.79 Å².